The third-order valence-electron chi connectivity index (χ3n) is 3.07. The summed E-state index contributed by atoms with van der Waals surface area (Å²) in [5.41, 5.74) is 0.581. The molecule has 25 heavy (non-hydrogen) atoms. The lowest BCUT2D eigenvalue weighted by molar-refractivity contribution is -0.138. The molecule has 1 atom stereocenters. The van der Waals surface area contributed by atoms with Gasteiger partial charge in [-0.05, 0) is 30.2 Å². The van der Waals surface area contributed by atoms with E-state index in [2.05, 4.69) is 19.4 Å². The first kappa shape index (κ1) is 18.7. The van der Waals surface area contributed by atoms with Crippen LogP contribution >= 0.6 is 11.5 Å². The second kappa shape index (κ2) is 8.47. The molecule has 0 fully saturated rings. The van der Waals surface area contributed by atoms with Crippen molar-refractivity contribution in [2.24, 2.45) is 5.92 Å². The van der Waals surface area contributed by atoms with Crippen LogP contribution in [0.25, 0.3) is 11.4 Å². The van der Waals surface area contributed by atoms with Crippen LogP contribution in [-0.2, 0) is 9.59 Å². The molecule has 10 heteroatoms. The molecular formula is C15H15F2N3O4S. The Morgan fingerprint density at radius 3 is 2.56 bits per heavy atom. The highest BCUT2D eigenvalue weighted by Gasteiger charge is 2.15. The molecule has 0 aliphatic heterocycles. The molecule has 1 aromatic carbocycles. The minimum absolute atomic E-state index is 0.0231. The van der Waals surface area contributed by atoms with E-state index in [0.717, 1.165) is 11.5 Å². The average Bonchev–Trinajstić information content (AvgIpc) is 2.94. The van der Waals surface area contributed by atoms with Crippen LogP contribution in [0.1, 0.15) is 19.8 Å². The maximum absolute atomic E-state index is 12.1. The van der Waals surface area contributed by atoms with E-state index in [4.69, 9.17) is 5.11 Å². The Morgan fingerprint density at radius 2 is 1.96 bits per heavy atom. The van der Waals surface area contributed by atoms with Crippen molar-refractivity contribution in [1.82, 2.24) is 9.36 Å². The summed E-state index contributed by atoms with van der Waals surface area (Å²) in [6, 6.07) is 5.79. The van der Waals surface area contributed by atoms with Crippen molar-refractivity contribution in [3.63, 3.8) is 0 Å². The highest BCUT2D eigenvalue weighted by molar-refractivity contribution is 7.10. The summed E-state index contributed by atoms with van der Waals surface area (Å²) < 4.78 is 32.6. The maximum Gasteiger partial charge on any atom is 0.387 e. The first-order valence-corrected chi connectivity index (χ1v) is 8.01. The molecule has 134 valence electrons. The van der Waals surface area contributed by atoms with Crippen LogP contribution in [0.3, 0.4) is 0 Å². The van der Waals surface area contributed by atoms with Gasteiger partial charge in [-0.15, -0.1) is 0 Å². The summed E-state index contributed by atoms with van der Waals surface area (Å²) in [6.07, 6.45) is -0.0390. The number of anilines is 1. The lowest BCUT2D eigenvalue weighted by Gasteiger charge is -2.07. The standard InChI is InChI=1S/C15H15F2N3O4S/c1-8(7-12(22)23)6-11(21)18-15-19-13(20-25-15)9-2-4-10(5-3-9)24-14(16)17/h2-5,8,14H,6-7H2,1H3,(H,22,23)(H,18,19,20,21). The fourth-order valence-corrected chi connectivity index (χ4v) is 2.64. The van der Waals surface area contributed by atoms with E-state index in [1.165, 1.54) is 24.3 Å². The van der Waals surface area contributed by atoms with E-state index in [1.807, 2.05) is 0 Å². The zero-order valence-electron chi connectivity index (χ0n) is 13.1. The summed E-state index contributed by atoms with van der Waals surface area (Å²) in [4.78, 5) is 26.6. The van der Waals surface area contributed by atoms with Crippen LogP contribution < -0.4 is 10.1 Å². The maximum atomic E-state index is 12.1. The number of alkyl halides is 2. The summed E-state index contributed by atoms with van der Waals surface area (Å²) in [5, 5.41) is 11.5. The number of halogens is 2. The van der Waals surface area contributed by atoms with Gasteiger partial charge >= 0.3 is 12.6 Å². The predicted molar refractivity (Wildman–Crippen MR) is 86.6 cm³/mol. The number of aliphatic carboxylic acids is 1. The molecular weight excluding hydrogens is 356 g/mol. The number of carbonyl (C=O) groups is 2. The number of hydrogen-bond acceptors (Lipinski definition) is 6. The minimum atomic E-state index is -2.89. The fraction of sp³-hybridized carbons (Fsp3) is 0.333. The number of carboxylic acids is 1. The monoisotopic (exact) mass is 371 g/mol. The second-order valence-corrected chi connectivity index (χ2v) is 6.03. The number of aromatic nitrogens is 2. The van der Waals surface area contributed by atoms with Crippen molar-refractivity contribution in [3.05, 3.63) is 24.3 Å². The van der Waals surface area contributed by atoms with Gasteiger partial charge in [0.2, 0.25) is 11.0 Å². The number of hydrogen-bond donors (Lipinski definition) is 2. The van der Waals surface area contributed by atoms with Crippen LogP contribution in [-0.4, -0.2) is 33.0 Å². The van der Waals surface area contributed by atoms with Gasteiger partial charge in [-0.2, -0.15) is 18.1 Å². The number of amides is 1. The molecule has 7 nitrogen and oxygen atoms in total. The van der Waals surface area contributed by atoms with Gasteiger partial charge in [0.25, 0.3) is 0 Å². The van der Waals surface area contributed by atoms with Crippen molar-refractivity contribution in [3.8, 4) is 17.1 Å². The van der Waals surface area contributed by atoms with Crippen molar-refractivity contribution >= 4 is 28.5 Å². The van der Waals surface area contributed by atoms with Crippen molar-refractivity contribution in [2.75, 3.05) is 5.32 Å². The quantitative estimate of drug-likeness (QED) is 0.739. The lowest BCUT2D eigenvalue weighted by Crippen LogP contribution is -2.16. The Kier molecular flexibility index (Phi) is 6.34. The van der Waals surface area contributed by atoms with Crippen LogP contribution in [0.15, 0.2) is 24.3 Å². The number of ether oxygens (including phenoxy) is 1. The Bertz CT molecular complexity index is 737. The fourth-order valence-electron chi connectivity index (χ4n) is 2.03. The SMILES string of the molecule is CC(CC(=O)O)CC(=O)Nc1nc(-c2ccc(OC(F)F)cc2)ns1. The third-order valence-corrected chi connectivity index (χ3v) is 3.70. The average molecular weight is 371 g/mol. The minimum Gasteiger partial charge on any atom is -0.481 e. The largest absolute Gasteiger partial charge is 0.481 e. The molecule has 2 aromatic rings. The molecule has 1 aromatic heterocycles. The number of nitrogens with zero attached hydrogens (tertiary/aromatic N) is 2. The predicted octanol–water partition coefficient (Wildman–Crippen LogP) is 3.25. The Hall–Kier alpha value is -2.62. The highest BCUT2D eigenvalue weighted by atomic mass is 32.1. The Labute approximate surface area is 145 Å². The summed E-state index contributed by atoms with van der Waals surface area (Å²) in [7, 11) is 0. The van der Waals surface area contributed by atoms with Gasteiger partial charge in [-0.3, -0.25) is 9.59 Å². The molecule has 1 heterocycles. The van der Waals surface area contributed by atoms with Crippen molar-refractivity contribution in [2.45, 2.75) is 26.4 Å². The molecule has 0 aliphatic rings. The summed E-state index contributed by atoms with van der Waals surface area (Å²) in [6.45, 7) is -1.23. The Balaban J connectivity index is 1.95. The summed E-state index contributed by atoms with van der Waals surface area (Å²) in [5.74, 6) is -1.25. The summed E-state index contributed by atoms with van der Waals surface area (Å²) >= 11 is 0.968. The van der Waals surface area contributed by atoms with Crippen molar-refractivity contribution < 1.29 is 28.2 Å². The number of carboxylic acid groups (broad SMARTS) is 1. The first-order chi connectivity index (χ1) is 11.8. The van der Waals surface area contributed by atoms with E-state index >= 15 is 0 Å². The highest BCUT2D eigenvalue weighted by Crippen LogP contribution is 2.24. The zero-order chi connectivity index (χ0) is 18.4. The Morgan fingerprint density at radius 1 is 1.28 bits per heavy atom. The van der Waals surface area contributed by atoms with Gasteiger partial charge in [0.05, 0.1) is 0 Å². The zero-order valence-corrected chi connectivity index (χ0v) is 13.9. The van der Waals surface area contributed by atoms with Gasteiger partial charge in [-0.1, -0.05) is 6.92 Å². The number of nitrogens with one attached hydrogen (secondary N) is 1. The smallest absolute Gasteiger partial charge is 0.387 e. The van der Waals surface area contributed by atoms with Crippen molar-refractivity contribution in [1.29, 1.82) is 0 Å². The molecule has 1 unspecified atom stereocenters. The van der Waals surface area contributed by atoms with E-state index in [-0.39, 0.29) is 35.5 Å². The number of rotatable bonds is 8. The van der Waals surface area contributed by atoms with Gasteiger partial charge < -0.3 is 15.2 Å². The molecule has 0 aliphatic carbocycles. The van der Waals surface area contributed by atoms with Crippen LogP contribution in [0.2, 0.25) is 0 Å². The topological polar surface area (TPSA) is 101 Å². The van der Waals surface area contributed by atoms with Gasteiger partial charge in [-0.25, -0.2) is 0 Å². The van der Waals surface area contributed by atoms with Crippen LogP contribution in [0.4, 0.5) is 13.9 Å². The molecule has 0 saturated heterocycles. The van der Waals surface area contributed by atoms with Crippen LogP contribution in [0.5, 0.6) is 5.75 Å². The number of benzene rings is 1. The van der Waals surface area contributed by atoms with E-state index in [1.54, 1.807) is 6.92 Å². The third kappa shape index (κ3) is 6.07. The van der Waals surface area contributed by atoms with E-state index in [9.17, 15) is 18.4 Å². The van der Waals surface area contributed by atoms with Gasteiger partial charge in [0.1, 0.15) is 5.75 Å². The van der Waals surface area contributed by atoms with E-state index < -0.39 is 12.6 Å². The molecule has 2 N–H and O–H groups in total. The molecule has 0 radical (unpaired) electrons. The molecule has 0 bridgehead atoms. The number of carbonyl (C=O) groups excluding carboxylic acids is 1. The second-order valence-electron chi connectivity index (χ2n) is 5.28. The van der Waals surface area contributed by atoms with E-state index in [0.29, 0.717) is 11.4 Å². The van der Waals surface area contributed by atoms with Gasteiger partial charge in [0.15, 0.2) is 5.82 Å². The lowest BCUT2D eigenvalue weighted by atomic mass is 10.0. The van der Waals surface area contributed by atoms with Crippen LogP contribution in [0, 0.1) is 5.92 Å². The van der Waals surface area contributed by atoms with Gasteiger partial charge in [0, 0.05) is 29.9 Å². The molecule has 2 rings (SSSR count). The molecule has 1 amide bonds. The first-order valence-electron chi connectivity index (χ1n) is 7.24. The normalized spacial score (nSPS) is 12.0. The molecule has 0 spiro atoms. The molecule has 0 saturated carbocycles.